The Balaban J connectivity index is 2.99. The zero-order chi connectivity index (χ0) is 14.6. The maximum Gasteiger partial charge on any atom is 0.406 e. The van der Waals surface area contributed by atoms with Crippen LogP contribution in [-0.2, 0) is 0 Å². The Labute approximate surface area is 121 Å². The molecular formula is C11H10BrClF3NO2. The van der Waals surface area contributed by atoms with Gasteiger partial charge < -0.3 is 10.0 Å². The second-order valence-electron chi connectivity index (χ2n) is 3.69. The highest BCUT2D eigenvalue weighted by Gasteiger charge is 2.33. The Kier molecular flexibility index (Phi) is 5.64. The van der Waals surface area contributed by atoms with Crippen molar-refractivity contribution in [1.29, 1.82) is 0 Å². The lowest BCUT2D eigenvalue weighted by Crippen LogP contribution is -2.40. The van der Waals surface area contributed by atoms with Gasteiger partial charge in [-0.05, 0) is 18.2 Å². The van der Waals surface area contributed by atoms with E-state index in [-0.39, 0.29) is 10.6 Å². The van der Waals surface area contributed by atoms with Crippen molar-refractivity contribution >= 4 is 33.4 Å². The minimum Gasteiger partial charge on any atom is -0.395 e. The van der Waals surface area contributed by atoms with Crippen LogP contribution in [0.2, 0.25) is 5.02 Å². The number of amides is 1. The third-order valence-electron chi connectivity index (χ3n) is 2.19. The normalized spacial score (nSPS) is 11.5. The van der Waals surface area contributed by atoms with Crippen molar-refractivity contribution in [2.75, 3.05) is 19.7 Å². The molecule has 0 bridgehead atoms. The van der Waals surface area contributed by atoms with Crippen LogP contribution in [0, 0.1) is 0 Å². The molecule has 0 atom stereocenters. The number of hydrogen-bond donors (Lipinski definition) is 1. The van der Waals surface area contributed by atoms with E-state index in [9.17, 15) is 18.0 Å². The first-order chi connectivity index (χ1) is 8.74. The van der Waals surface area contributed by atoms with E-state index < -0.39 is 31.8 Å². The molecule has 0 saturated carbocycles. The Bertz CT molecular complexity index is 468. The highest BCUT2D eigenvalue weighted by Crippen LogP contribution is 2.24. The van der Waals surface area contributed by atoms with E-state index >= 15 is 0 Å². The van der Waals surface area contributed by atoms with Crippen molar-refractivity contribution < 1.29 is 23.1 Å². The molecule has 1 rings (SSSR count). The summed E-state index contributed by atoms with van der Waals surface area (Å²) in [6, 6.07) is 4.25. The molecule has 0 aliphatic heterocycles. The number of benzene rings is 1. The minimum absolute atomic E-state index is 0.0393. The van der Waals surface area contributed by atoms with E-state index in [1.165, 1.54) is 18.2 Å². The van der Waals surface area contributed by atoms with Gasteiger partial charge in [0.05, 0.1) is 17.2 Å². The molecule has 1 aromatic rings. The summed E-state index contributed by atoms with van der Waals surface area (Å²) in [4.78, 5) is 12.5. The van der Waals surface area contributed by atoms with E-state index in [1.807, 2.05) is 0 Å². The second kappa shape index (κ2) is 6.58. The van der Waals surface area contributed by atoms with Crippen LogP contribution in [0.4, 0.5) is 13.2 Å². The number of alkyl halides is 3. The molecule has 0 aromatic heterocycles. The molecule has 0 fully saturated rings. The molecule has 3 nitrogen and oxygen atoms in total. The molecule has 0 radical (unpaired) electrons. The zero-order valence-corrected chi connectivity index (χ0v) is 11.9. The van der Waals surface area contributed by atoms with Crippen LogP contribution in [0.1, 0.15) is 10.4 Å². The molecule has 0 aliphatic rings. The average molecular weight is 361 g/mol. The number of carbonyl (C=O) groups is 1. The van der Waals surface area contributed by atoms with Crippen LogP contribution in [-0.4, -0.2) is 41.8 Å². The van der Waals surface area contributed by atoms with Crippen LogP contribution in [0.15, 0.2) is 22.7 Å². The van der Waals surface area contributed by atoms with Gasteiger partial charge in [-0.25, -0.2) is 0 Å². The molecule has 1 aromatic carbocycles. The zero-order valence-electron chi connectivity index (χ0n) is 9.55. The lowest BCUT2D eigenvalue weighted by molar-refractivity contribution is -0.141. The Morgan fingerprint density at radius 2 is 2.05 bits per heavy atom. The standard InChI is InChI=1S/C11H10BrClF3NO2/c12-7-1-2-8(9(13)5-7)10(19)17(3-4-18)6-11(14,15)16/h1-2,5,18H,3-4,6H2. The van der Waals surface area contributed by atoms with Crippen molar-refractivity contribution in [3.63, 3.8) is 0 Å². The quantitative estimate of drug-likeness (QED) is 0.896. The maximum absolute atomic E-state index is 12.4. The van der Waals surface area contributed by atoms with Crippen molar-refractivity contribution in [3.05, 3.63) is 33.3 Å². The number of halogens is 5. The van der Waals surface area contributed by atoms with E-state index in [2.05, 4.69) is 15.9 Å². The summed E-state index contributed by atoms with van der Waals surface area (Å²) in [5.74, 6) is -0.871. The van der Waals surface area contributed by atoms with Gasteiger partial charge in [-0.15, -0.1) is 0 Å². The fraction of sp³-hybridized carbons (Fsp3) is 0.364. The van der Waals surface area contributed by atoms with E-state index in [0.717, 1.165) is 0 Å². The predicted octanol–water partition coefficient (Wildman–Crippen LogP) is 3.10. The smallest absolute Gasteiger partial charge is 0.395 e. The van der Waals surface area contributed by atoms with Gasteiger partial charge in [0, 0.05) is 11.0 Å². The molecule has 0 unspecified atom stereocenters. The summed E-state index contributed by atoms with van der Waals surface area (Å²) in [6.45, 7) is -2.40. The van der Waals surface area contributed by atoms with Gasteiger partial charge in [0.25, 0.3) is 5.91 Å². The molecule has 0 spiro atoms. The number of hydrogen-bond acceptors (Lipinski definition) is 2. The Morgan fingerprint density at radius 3 is 2.53 bits per heavy atom. The van der Waals surface area contributed by atoms with Gasteiger partial charge in [0.2, 0.25) is 0 Å². The molecule has 1 N–H and O–H groups in total. The van der Waals surface area contributed by atoms with Crippen LogP contribution < -0.4 is 0 Å². The van der Waals surface area contributed by atoms with Crippen molar-refractivity contribution in [1.82, 2.24) is 4.90 Å². The summed E-state index contributed by atoms with van der Waals surface area (Å²) >= 11 is 8.95. The van der Waals surface area contributed by atoms with Crippen LogP contribution >= 0.6 is 27.5 Å². The minimum atomic E-state index is -4.54. The highest BCUT2D eigenvalue weighted by molar-refractivity contribution is 9.10. The molecule has 8 heteroatoms. The number of carbonyl (C=O) groups excluding carboxylic acids is 1. The second-order valence-corrected chi connectivity index (χ2v) is 5.01. The van der Waals surface area contributed by atoms with Gasteiger partial charge in [-0.3, -0.25) is 4.79 Å². The highest BCUT2D eigenvalue weighted by atomic mass is 79.9. The first-order valence-corrected chi connectivity index (χ1v) is 6.33. The summed E-state index contributed by atoms with van der Waals surface area (Å²) in [5.41, 5.74) is -0.0393. The fourth-order valence-electron chi connectivity index (χ4n) is 1.42. The van der Waals surface area contributed by atoms with E-state index in [0.29, 0.717) is 9.37 Å². The molecule has 0 saturated heterocycles. The third kappa shape index (κ3) is 5.00. The first kappa shape index (κ1) is 16.3. The lowest BCUT2D eigenvalue weighted by Gasteiger charge is -2.23. The summed E-state index contributed by atoms with van der Waals surface area (Å²) in [5, 5.41) is 8.79. The molecule has 0 aliphatic carbocycles. The topological polar surface area (TPSA) is 40.5 Å². The molecule has 19 heavy (non-hydrogen) atoms. The third-order valence-corrected chi connectivity index (χ3v) is 2.99. The van der Waals surface area contributed by atoms with Gasteiger partial charge >= 0.3 is 6.18 Å². The van der Waals surface area contributed by atoms with Crippen LogP contribution in [0.3, 0.4) is 0 Å². The number of aliphatic hydroxyl groups is 1. The summed E-state index contributed by atoms with van der Waals surface area (Å²) < 4.78 is 37.7. The van der Waals surface area contributed by atoms with Gasteiger partial charge in [-0.2, -0.15) is 13.2 Å². The van der Waals surface area contributed by atoms with Crippen molar-refractivity contribution in [3.8, 4) is 0 Å². The van der Waals surface area contributed by atoms with Crippen LogP contribution in [0.5, 0.6) is 0 Å². The largest absolute Gasteiger partial charge is 0.406 e. The maximum atomic E-state index is 12.4. The SMILES string of the molecule is O=C(c1ccc(Br)cc1Cl)N(CCO)CC(F)(F)F. The summed E-state index contributed by atoms with van der Waals surface area (Å²) in [7, 11) is 0. The monoisotopic (exact) mass is 359 g/mol. The Hall–Kier alpha value is -0.790. The molecule has 1 amide bonds. The van der Waals surface area contributed by atoms with E-state index in [1.54, 1.807) is 0 Å². The van der Waals surface area contributed by atoms with E-state index in [4.69, 9.17) is 16.7 Å². The van der Waals surface area contributed by atoms with Gasteiger partial charge in [0.1, 0.15) is 6.54 Å². The Morgan fingerprint density at radius 1 is 1.42 bits per heavy atom. The van der Waals surface area contributed by atoms with Gasteiger partial charge in [-0.1, -0.05) is 27.5 Å². The number of aliphatic hydroxyl groups excluding tert-OH is 1. The van der Waals surface area contributed by atoms with Crippen molar-refractivity contribution in [2.24, 2.45) is 0 Å². The lowest BCUT2D eigenvalue weighted by atomic mass is 10.2. The molecule has 106 valence electrons. The molecule has 0 heterocycles. The predicted molar refractivity (Wildman–Crippen MR) is 68.2 cm³/mol. The number of rotatable bonds is 4. The fourth-order valence-corrected chi connectivity index (χ4v) is 2.18. The average Bonchev–Trinajstić information content (AvgIpc) is 2.26. The summed E-state index contributed by atoms with van der Waals surface area (Å²) in [6.07, 6.45) is -4.54. The van der Waals surface area contributed by atoms with Crippen LogP contribution in [0.25, 0.3) is 0 Å². The van der Waals surface area contributed by atoms with Gasteiger partial charge in [0.15, 0.2) is 0 Å². The first-order valence-electron chi connectivity index (χ1n) is 5.16. The number of nitrogens with zero attached hydrogens (tertiary/aromatic N) is 1. The molecular weight excluding hydrogens is 350 g/mol. The van der Waals surface area contributed by atoms with Crippen molar-refractivity contribution in [2.45, 2.75) is 6.18 Å².